The summed E-state index contributed by atoms with van der Waals surface area (Å²) in [6, 6.07) is 7.31. The summed E-state index contributed by atoms with van der Waals surface area (Å²) in [4.78, 5) is 0.949. The average molecular weight is 386 g/mol. The molecule has 3 aromatic rings. The lowest BCUT2D eigenvalue weighted by Gasteiger charge is -2.09. The maximum Gasteiger partial charge on any atom is 0.190 e. The van der Waals surface area contributed by atoms with E-state index in [0.717, 1.165) is 27.2 Å². The molecule has 0 atom stereocenters. The Bertz CT molecular complexity index is 832. The fourth-order valence-electron chi connectivity index (χ4n) is 2.06. The van der Waals surface area contributed by atoms with Crippen molar-refractivity contribution in [2.24, 2.45) is 7.05 Å². The number of thioether (sulfide) groups is 1. The van der Waals surface area contributed by atoms with Crippen LogP contribution in [0.4, 0.5) is 0 Å². The second-order valence-electron chi connectivity index (χ2n) is 4.71. The number of hydrogen-bond donors (Lipinski definition) is 0. The minimum absolute atomic E-state index is 0.368. The Morgan fingerprint density at radius 3 is 2.78 bits per heavy atom. The molecule has 0 radical (unpaired) electrons. The standard InChI is InChI=1S/C15H13Cl2N3OS2/c1-20-14(18-19-15(20)22-2)13-12(5-6-23-13)21-8-9-3-4-10(16)7-11(9)17/h3-7H,8H2,1-2H3. The molecule has 0 amide bonds. The number of nitrogens with zero attached hydrogens (tertiary/aromatic N) is 3. The van der Waals surface area contributed by atoms with Gasteiger partial charge in [0, 0.05) is 22.7 Å². The highest BCUT2D eigenvalue weighted by molar-refractivity contribution is 7.98. The Hall–Kier alpha value is -1.21. The van der Waals surface area contributed by atoms with Crippen molar-refractivity contribution in [3.63, 3.8) is 0 Å². The lowest BCUT2D eigenvalue weighted by Crippen LogP contribution is -1.98. The van der Waals surface area contributed by atoms with E-state index < -0.39 is 0 Å². The van der Waals surface area contributed by atoms with Crippen LogP contribution in [-0.4, -0.2) is 21.0 Å². The third kappa shape index (κ3) is 3.50. The quantitative estimate of drug-likeness (QED) is 0.569. The van der Waals surface area contributed by atoms with Crippen molar-refractivity contribution in [2.75, 3.05) is 6.26 Å². The summed E-state index contributed by atoms with van der Waals surface area (Å²) in [5.41, 5.74) is 0.885. The van der Waals surface area contributed by atoms with Crippen molar-refractivity contribution in [1.82, 2.24) is 14.8 Å². The first-order valence-electron chi connectivity index (χ1n) is 6.68. The van der Waals surface area contributed by atoms with Crippen molar-refractivity contribution < 1.29 is 4.74 Å². The molecule has 23 heavy (non-hydrogen) atoms. The van der Waals surface area contributed by atoms with E-state index in [1.54, 1.807) is 35.2 Å². The summed E-state index contributed by atoms with van der Waals surface area (Å²) in [6.07, 6.45) is 1.97. The Labute approximate surface area is 152 Å². The molecule has 3 rings (SSSR count). The summed E-state index contributed by atoms with van der Waals surface area (Å²) in [5, 5.41) is 12.5. The van der Waals surface area contributed by atoms with Crippen LogP contribution in [0, 0.1) is 0 Å². The van der Waals surface area contributed by atoms with Gasteiger partial charge in [0.1, 0.15) is 17.2 Å². The monoisotopic (exact) mass is 385 g/mol. The van der Waals surface area contributed by atoms with Crippen LogP contribution < -0.4 is 4.74 Å². The normalized spacial score (nSPS) is 11.0. The second kappa shape index (κ2) is 7.13. The Morgan fingerprint density at radius 1 is 1.26 bits per heavy atom. The zero-order valence-corrected chi connectivity index (χ0v) is 15.6. The lowest BCUT2D eigenvalue weighted by atomic mass is 10.2. The molecular weight excluding hydrogens is 373 g/mol. The Balaban J connectivity index is 1.82. The van der Waals surface area contributed by atoms with Gasteiger partial charge in [0.25, 0.3) is 0 Å². The van der Waals surface area contributed by atoms with Crippen LogP contribution in [0.2, 0.25) is 10.0 Å². The van der Waals surface area contributed by atoms with Crippen molar-refractivity contribution >= 4 is 46.3 Å². The fraction of sp³-hybridized carbons (Fsp3) is 0.200. The Kier molecular flexibility index (Phi) is 5.16. The van der Waals surface area contributed by atoms with Gasteiger partial charge in [0.05, 0.1) is 0 Å². The number of rotatable bonds is 5. The number of halogens is 2. The third-order valence-electron chi connectivity index (χ3n) is 3.25. The molecule has 1 aromatic carbocycles. The molecule has 0 N–H and O–H groups in total. The van der Waals surface area contributed by atoms with Gasteiger partial charge in [-0.2, -0.15) is 0 Å². The van der Waals surface area contributed by atoms with E-state index in [9.17, 15) is 0 Å². The first kappa shape index (κ1) is 16.6. The third-order valence-corrected chi connectivity index (χ3v) is 5.45. The molecule has 2 aromatic heterocycles. The van der Waals surface area contributed by atoms with Crippen molar-refractivity contribution in [3.8, 4) is 16.5 Å². The first-order chi connectivity index (χ1) is 11.1. The molecule has 0 fully saturated rings. The largest absolute Gasteiger partial charge is 0.487 e. The summed E-state index contributed by atoms with van der Waals surface area (Å²) in [7, 11) is 1.95. The number of thiophene rings is 1. The molecule has 0 unspecified atom stereocenters. The lowest BCUT2D eigenvalue weighted by molar-refractivity contribution is 0.308. The Morgan fingerprint density at radius 2 is 2.09 bits per heavy atom. The van der Waals surface area contributed by atoms with Crippen LogP contribution in [0.1, 0.15) is 5.56 Å². The molecule has 4 nitrogen and oxygen atoms in total. The molecule has 0 saturated carbocycles. The highest BCUT2D eigenvalue weighted by Crippen LogP contribution is 2.36. The van der Waals surface area contributed by atoms with Crippen LogP contribution in [0.3, 0.4) is 0 Å². The fourth-order valence-corrected chi connectivity index (χ4v) is 3.86. The summed E-state index contributed by atoms with van der Waals surface area (Å²) in [6.45, 7) is 0.368. The molecule has 0 aliphatic heterocycles. The van der Waals surface area contributed by atoms with E-state index in [4.69, 9.17) is 27.9 Å². The minimum Gasteiger partial charge on any atom is -0.487 e. The van der Waals surface area contributed by atoms with Crippen LogP contribution in [0.5, 0.6) is 5.75 Å². The van der Waals surface area contributed by atoms with Crippen LogP contribution in [-0.2, 0) is 13.7 Å². The van der Waals surface area contributed by atoms with Gasteiger partial charge in [-0.05, 0) is 29.8 Å². The predicted molar refractivity (Wildman–Crippen MR) is 96.9 cm³/mol. The molecular formula is C15H13Cl2N3OS2. The maximum atomic E-state index is 6.18. The number of ether oxygens (including phenoxy) is 1. The van der Waals surface area contributed by atoms with E-state index >= 15 is 0 Å². The second-order valence-corrected chi connectivity index (χ2v) is 7.24. The molecule has 0 saturated heterocycles. The zero-order chi connectivity index (χ0) is 16.4. The van der Waals surface area contributed by atoms with E-state index in [1.165, 1.54) is 0 Å². The van der Waals surface area contributed by atoms with Gasteiger partial charge in [0.15, 0.2) is 11.0 Å². The smallest absolute Gasteiger partial charge is 0.190 e. The van der Waals surface area contributed by atoms with Gasteiger partial charge in [-0.15, -0.1) is 21.5 Å². The topological polar surface area (TPSA) is 39.9 Å². The van der Waals surface area contributed by atoms with Gasteiger partial charge >= 0.3 is 0 Å². The summed E-state index contributed by atoms with van der Waals surface area (Å²) >= 11 is 15.2. The van der Waals surface area contributed by atoms with Gasteiger partial charge in [-0.3, -0.25) is 0 Å². The SMILES string of the molecule is CSc1nnc(-c2sccc2OCc2ccc(Cl)cc2Cl)n1C. The van der Waals surface area contributed by atoms with Gasteiger partial charge in [0.2, 0.25) is 0 Å². The molecule has 0 bridgehead atoms. The molecule has 2 heterocycles. The van der Waals surface area contributed by atoms with Gasteiger partial charge in [-0.25, -0.2) is 0 Å². The number of benzene rings is 1. The predicted octanol–water partition coefficient (Wildman–Crippen LogP) is 5.15. The highest BCUT2D eigenvalue weighted by atomic mass is 35.5. The van der Waals surface area contributed by atoms with Crippen LogP contribution in [0.15, 0.2) is 34.8 Å². The number of hydrogen-bond acceptors (Lipinski definition) is 5. The number of aromatic nitrogens is 3. The highest BCUT2D eigenvalue weighted by Gasteiger charge is 2.16. The zero-order valence-electron chi connectivity index (χ0n) is 12.4. The average Bonchev–Trinajstić information content (AvgIpc) is 3.12. The molecule has 0 aliphatic rings. The van der Waals surface area contributed by atoms with Crippen molar-refractivity contribution in [3.05, 3.63) is 45.3 Å². The van der Waals surface area contributed by atoms with Crippen LogP contribution >= 0.6 is 46.3 Å². The molecule has 0 spiro atoms. The molecule has 0 aliphatic carbocycles. The van der Waals surface area contributed by atoms with E-state index in [2.05, 4.69) is 10.2 Å². The van der Waals surface area contributed by atoms with Crippen molar-refractivity contribution in [2.45, 2.75) is 11.8 Å². The van der Waals surface area contributed by atoms with E-state index in [-0.39, 0.29) is 0 Å². The van der Waals surface area contributed by atoms with Gasteiger partial charge in [-0.1, -0.05) is 41.0 Å². The summed E-state index contributed by atoms with van der Waals surface area (Å²) < 4.78 is 7.89. The van der Waals surface area contributed by atoms with E-state index in [1.807, 2.05) is 35.4 Å². The molecule has 8 heteroatoms. The van der Waals surface area contributed by atoms with E-state index in [0.29, 0.717) is 16.7 Å². The maximum absolute atomic E-state index is 6.18. The minimum atomic E-state index is 0.368. The first-order valence-corrected chi connectivity index (χ1v) is 9.54. The molecule has 120 valence electrons. The van der Waals surface area contributed by atoms with Crippen LogP contribution in [0.25, 0.3) is 10.7 Å². The van der Waals surface area contributed by atoms with Crippen molar-refractivity contribution in [1.29, 1.82) is 0 Å². The summed E-state index contributed by atoms with van der Waals surface area (Å²) in [5.74, 6) is 1.56. The van der Waals surface area contributed by atoms with Gasteiger partial charge < -0.3 is 9.30 Å².